The van der Waals surface area contributed by atoms with Crippen molar-refractivity contribution in [1.29, 1.82) is 0 Å². The Morgan fingerprint density at radius 1 is 0.951 bits per heavy atom. The molecule has 2 N–H and O–H groups in total. The van der Waals surface area contributed by atoms with Gasteiger partial charge >= 0.3 is 12.0 Å². The molecule has 0 saturated heterocycles. The van der Waals surface area contributed by atoms with Gasteiger partial charge in [-0.15, -0.1) is 0 Å². The predicted molar refractivity (Wildman–Crippen MR) is 156 cm³/mol. The summed E-state index contributed by atoms with van der Waals surface area (Å²) in [6, 6.07) is 20.9. The van der Waals surface area contributed by atoms with Crippen molar-refractivity contribution in [3.63, 3.8) is 0 Å². The Morgan fingerprint density at radius 2 is 1.68 bits per heavy atom. The molecule has 3 aromatic rings. The fourth-order valence-electron chi connectivity index (χ4n) is 4.15. The quantitative estimate of drug-likeness (QED) is 0.192. The molecule has 0 bridgehead atoms. The summed E-state index contributed by atoms with van der Waals surface area (Å²) in [6.07, 6.45) is 0.880. The SMILES string of the molecule is CCOC(Cc1ccc(OCCN(CCCCOCc2ccc(F)cc2)C(=O)Nc2cccc(C)c2)cc1)C(=O)O. The van der Waals surface area contributed by atoms with Gasteiger partial charge in [0, 0.05) is 31.9 Å². The number of urea groups is 1. The number of benzene rings is 3. The zero-order chi connectivity index (χ0) is 29.5. The molecule has 0 radical (unpaired) electrons. The van der Waals surface area contributed by atoms with Crippen LogP contribution in [0.4, 0.5) is 14.9 Å². The Hall–Kier alpha value is -3.95. The van der Waals surface area contributed by atoms with Crippen molar-refractivity contribution < 1.29 is 33.3 Å². The Labute approximate surface area is 241 Å². The number of rotatable bonds is 17. The second-order valence-electron chi connectivity index (χ2n) is 9.65. The number of nitrogens with one attached hydrogen (secondary N) is 1. The second-order valence-corrected chi connectivity index (χ2v) is 9.65. The highest BCUT2D eigenvalue weighted by Gasteiger charge is 2.18. The third-order valence-electron chi connectivity index (χ3n) is 6.32. The largest absolute Gasteiger partial charge is 0.492 e. The van der Waals surface area contributed by atoms with E-state index in [0.717, 1.165) is 35.2 Å². The summed E-state index contributed by atoms with van der Waals surface area (Å²) in [5.41, 5.74) is 3.52. The van der Waals surface area contributed by atoms with Crippen LogP contribution in [0.1, 0.15) is 36.5 Å². The number of carbonyl (C=O) groups is 2. The summed E-state index contributed by atoms with van der Waals surface area (Å²) in [5, 5.41) is 12.3. The van der Waals surface area contributed by atoms with Gasteiger partial charge in [0.2, 0.25) is 0 Å². The zero-order valence-electron chi connectivity index (χ0n) is 23.7. The number of amides is 2. The number of ether oxygens (including phenoxy) is 3. The van der Waals surface area contributed by atoms with Crippen LogP contribution in [0, 0.1) is 12.7 Å². The van der Waals surface area contributed by atoms with Gasteiger partial charge in [0.25, 0.3) is 0 Å². The first kappa shape index (κ1) is 31.6. The second kappa shape index (κ2) is 17.0. The van der Waals surface area contributed by atoms with Crippen LogP contribution in [0.5, 0.6) is 5.75 Å². The van der Waals surface area contributed by atoms with Crippen LogP contribution in [0.3, 0.4) is 0 Å². The molecule has 0 heterocycles. The van der Waals surface area contributed by atoms with Gasteiger partial charge in [0.1, 0.15) is 18.2 Å². The third kappa shape index (κ3) is 11.6. The van der Waals surface area contributed by atoms with Crippen molar-refractivity contribution in [2.24, 2.45) is 0 Å². The van der Waals surface area contributed by atoms with Crippen LogP contribution in [0.25, 0.3) is 0 Å². The van der Waals surface area contributed by atoms with Crippen LogP contribution >= 0.6 is 0 Å². The first-order chi connectivity index (χ1) is 19.8. The summed E-state index contributed by atoms with van der Waals surface area (Å²) in [5.74, 6) is -0.633. The number of hydrogen-bond acceptors (Lipinski definition) is 5. The number of hydrogen-bond donors (Lipinski definition) is 2. The van der Waals surface area contributed by atoms with Crippen LogP contribution in [-0.4, -0.2) is 61.0 Å². The topological polar surface area (TPSA) is 97.3 Å². The van der Waals surface area contributed by atoms with Gasteiger partial charge in [-0.3, -0.25) is 0 Å². The Balaban J connectivity index is 1.49. The molecule has 0 aromatic heterocycles. The molecule has 0 aliphatic carbocycles. The molecule has 0 spiro atoms. The van der Waals surface area contributed by atoms with Gasteiger partial charge in [-0.1, -0.05) is 36.4 Å². The molecular formula is C32H39FN2O6. The van der Waals surface area contributed by atoms with E-state index in [1.54, 1.807) is 36.1 Å². The molecule has 3 rings (SSSR count). The lowest BCUT2D eigenvalue weighted by Crippen LogP contribution is -2.38. The number of unbranched alkanes of at least 4 members (excludes halogenated alkanes) is 1. The molecule has 1 atom stereocenters. The number of carboxylic acids is 1. The van der Waals surface area contributed by atoms with Crippen molar-refractivity contribution in [2.75, 3.05) is 38.2 Å². The van der Waals surface area contributed by atoms with E-state index >= 15 is 0 Å². The standard InChI is InChI=1S/C32H39FN2O6/c1-3-40-30(31(36)37)22-25-11-15-29(16-12-25)41-20-18-35(32(38)34-28-8-6-7-24(2)21-28)17-4-5-19-39-23-26-9-13-27(33)14-10-26/h6-16,21,30H,3-5,17-20,22-23H2,1-2H3,(H,34,38)(H,36,37). The number of anilines is 1. The molecule has 3 aromatic carbocycles. The van der Waals surface area contributed by atoms with Gasteiger partial charge in [-0.05, 0) is 79.8 Å². The maximum Gasteiger partial charge on any atom is 0.333 e. The Kier molecular flexibility index (Phi) is 13.1. The van der Waals surface area contributed by atoms with Crippen LogP contribution in [0.15, 0.2) is 72.8 Å². The third-order valence-corrected chi connectivity index (χ3v) is 6.32. The van der Waals surface area contributed by atoms with Crippen LogP contribution in [-0.2, 0) is 27.3 Å². The number of nitrogens with zero attached hydrogens (tertiary/aromatic N) is 1. The van der Waals surface area contributed by atoms with Crippen molar-refractivity contribution in [3.8, 4) is 5.75 Å². The van der Waals surface area contributed by atoms with Crippen molar-refractivity contribution in [1.82, 2.24) is 4.90 Å². The first-order valence-electron chi connectivity index (χ1n) is 13.8. The van der Waals surface area contributed by atoms with Gasteiger partial charge in [0.05, 0.1) is 13.2 Å². The average Bonchev–Trinajstić information content (AvgIpc) is 2.95. The van der Waals surface area contributed by atoms with E-state index in [1.807, 2.05) is 43.3 Å². The first-order valence-corrected chi connectivity index (χ1v) is 13.8. The minimum absolute atomic E-state index is 0.211. The molecule has 0 fully saturated rings. The predicted octanol–water partition coefficient (Wildman–Crippen LogP) is 6.08. The van der Waals surface area contributed by atoms with E-state index in [4.69, 9.17) is 14.2 Å². The molecule has 1 unspecified atom stereocenters. The average molecular weight is 567 g/mol. The van der Waals surface area contributed by atoms with Crippen molar-refractivity contribution in [3.05, 3.63) is 95.3 Å². The summed E-state index contributed by atoms with van der Waals surface area (Å²) in [7, 11) is 0. The summed E-state index contributed by atoms with van der Waals surface area (Å²) in [6.45, 7) is 6.19. The lowest BCUT2D eigenvalue weighted by atomic mass is 10.1. The number of carboxylic acid groups (broad SMARTS) is 1. The molecule has 0 aliphatic heterocycles. The van der Waals surface area contributed by atoms with E-state index in [1.165, 1.54) is 12.1 Å². The van der Waals surface area contributed by atoms with Gasteiger partial charge in [-0.2, -0.15) is 0 Å². The van der Waals surface area contributed by atoms with Gasteiger partial charge in [-0.25, -0.2) is 14.0 Å². The number of halogens is 1. The zero-order valence-corrected chi connectivity index (χ0v) is 23.7. The fraction of sp³-hybridized carbons (Fsp3) is 0.375. The molecule has 9 heteroatoms. The number of aryl methyl sites for hydroxylation is 1. The molecule has 41 heavy (non-hydrogen) atoms. The molecule has 220 valence electrons. The van der Waals surface area contributed by atoms with Crippen LogP contribution < -0.4 is 10.1 Å². The lowest BCUT2D eigenvalue weighted by molar-refractivity contribution is -0.149. The molecule has 2 amide bonds. The number of carbonyl (C=O) groups excluding carboxylic acids is 1. The molecule has 0 aliphatic rings. The highest BCUT2D eigenvalue weighted by molar-refractivity contribution is 5.89. The number of aliphatic carboxylic acids is 1. The highest BCUT2D eigenvalue weighted by Crippen LogP contribution is 2.16. The van der Waals surface area contributed by atoms with Crippen molar-refractivity contribution >= 4 is 17.7 Å². The minimum Gasteiger partial charge on any atom is -0.492 e. The van der Waals surface area contributed by atoms with E-state index in [-0.39, 0.29) is 18.3 Å². The lowest BCUT2D eigenvalue weighted by Gasteiger charge is -2.23. The summed E-state index contributed by atoms with van der Waals surface area (Å²) < 4.78 is 29.9. The summed E-state index contributed by atoms with van der Waals surface area (Å²) >= 11 is 0. The molecular weight excluding hydrogens is 527 g/mol. The molecule has 8 nitrogen and oxygen atoms in total. The Morgan fingerprint density at radius 3 is 2.37 bits per heavy atom. The van der Waals surface area contributed by atoms with E-state index in [2.05, 4.69) is 5.32 Å². The molecule has 0 saturated carbocycles. The normalized spacial score (nSPS) is 11.6. The van der Waals surface area contributed by atoms with Crippen LogP contribution in [0.2, 0.25) is 0 Å². The summed E-state index contributed by atoms with van der Waals surface area (Å²) in [4.78, 5) is 26.2. The van der Waals surface area contributed by atoms with Gasteiger partial charge in [0.15, 0.2) is 6.10 Å². The minimum atomic E-state index is -0.990. The smallest absolute Gasteiger partial charge is 0.333 e. The highest BCUT2D eigenvalue weighted by atomic mass is 19.1. The van der Waals surface area contributed by atoms with Gasteiger partial charge < -0.3 is 29.5 Å². The van der Waals surface area contributed by atoms with E-state index < -0.39 is 12.1 Å². The van der Waals surface area contributed by atoms with E-state index in [9.17, 15) is 19.1 Å². The van der Waals surface area contributed by atoms with E-state index in [0.29, 0.717) is 45.3 Å². The van der Waals surface area contributed by atoms with Crippen molar-refractivity contribution in [2.45, 2.75) is 45.8 Å². The fourth-order valence-corrected chi connectivity index (χ4v) is 4.15. The monoisotopic (exact) mass is 566 g/mol. The maximum atomic E-state index is 13.1. The maximum absolute atomic E-state index is 13.1. The Bertz CT molecular complexity index is 1220.